The first kappa shape index (κ1) is 27.8. The Morgan fingerprint density at radius 1 is 1.03 bits per heavy atom. The molecule has 0 bridgehead atoms. The lowest BCUT2D eigenvalue weighted by Gasteiger charge is -2.29. The number of ether oxygens (including phenoxy) is 1. The van der Waals surface area contributed by atoms with Gasteiger partial charge in [-0.15, -0.1) is 11.3 Å². The molecular weight excluding hydrogens is 472 g/mol. The first-order chi connectivity index (χ1) is 17.2. The van der Waals surface area contributed by atoms with Gasteiger partial charge in [0.1, 0.15) is 5.60 Å². The van der Waals surface area contributed by atoms with Crippen molar-refractivity contribution in [2.75, 3.05) is 6.61 Å². The lowest BCUT2D eigenvalue weighted by atomic mass is 9.89. The van der Waals surface area contributed by atoms with Crippen molar-refractivity contribution in [3.05, 3.63) is 87.9 Å². The quantitative estimate of drug-likeness (QED) is 0.308. The van der Waals surface area contributed by atoms with Gasteiger partial charge in [-0.05, 0) is 64.0 Å². The number of rotatable bonds is 12. The van der Waals surface area contributed by atoms with E-state index in [2.05, 4.69) is 22.4 Å². The van der Waals surface area contributed by atoms with Crippen LogP contribution in [0.5, 0.6) is 0 Å². The van der Waals surface area contributed by atoms with Gasteiger partial charge in [-0.1, -0.05) is 60.7 Å². The Morgan fingerprint density at radius 2 is 1.64 bits per heavy atom. The Hall–Kier alpha value is -2.74. The van der Waals surface area contributed by atoms with Crippen molar-refractivity contribution in [2.45, 2.75) is 76.5 Å². The summed E-state index contributed by atoms with van der Waals surface area (Å²) < 4.78 is 5.49. The van der Waals surface area contributed by atoms with Crippen molar-refractivity contribution < 1.29 is 19.7 Å². The van der Waals surface area contributed by atoms with Crippen LogP contribution in [0.4, 0.5) is 4.79 Å². The molecule has 0 aliphatic heterocycles. The molecule has 1 amide bonds. The van der Waals surface area contributed by atoms with E-state index >= 15 is 0 Å². The molecule has 3 atom stereocenters. The van der Waals surface area contributed by atoms with E-state index in [4.69, 9.17) is 4.74 Å². The first-order valence-corrected chi connectivity index (χ1v) is 13.4. The maximum atomic E-state index is 12.6. The first-order valence-electron chi connectivity index (χ1n) is 12.5. The van der Waals surface area contributed by atoms with Gasteiger partial charge in [-0.2, -0.15) is 0 Å². The highest BCUT2D eigenvalue weighted by molar-refractivity contribution is 7.11. The van der Waals surface area contributed by atoms with Gasteiger partial charge >= 0.3 is 6.09 Å². The maximum Gasteiger partial charge on any atom is 0.407 e. The lowest BCUT2D eigenvalue weighted by Crippen LogP contribution is -2.47. The maximum absolute atomic E-state index is 12.6. The molecule has 0 fully saturated rings. The fraction of sp³-hybridized carbons (Fsp3) is 0.448. The molecule has 0 aliphatic rings. The molecule has 1 heterocycles. The predicted molar refractivity (Wildman–Crippen MR) is 144 cm³/mol. The zero-order chi connectivity index (χ0) is 26.0. The van der Waals surface area contributed by atoms with E-state index in [9.17, 15) is 15.0 Å². The van der Waals surface area contributed by atoms with Crippen molar-refractivity contribution in [3.8, 4) is 0 Å². The number of thiazole rings is 1. The van der Waals surface area contributed by atoms with Crippen LogP contribution in [-0.2, 0) is 24.0 Å². The van der Waals surface area contributed by atoms with Gasteiger partial charge in [0.15, 0.2) is 0 Å². The smallest absolute Gasteiger partial charge is 0.407 e. The summed E-state index contributed by atoms with van der Waals surface area (Å²) in [7, 11) is 0. The highest BCUT2D eigenvalue weighted by atomic mass is 32.1. The number of aliphatic hydroxyl groups excluding tert-OH is 2. The van der Waals surface area contributed by atoms with Crippen molar-refractivity contribution in [3.63, 3.8) is 0 Å². The number of aryl methyl sites for hydroxylation is 1. The summed E-state index contributed by atoms with van der Waals surface area (Å²) in [5.74, 6) is -0.0195. The molecule has 0 radical (unpaired) electrons. The molecule has 0 aliphatic carbocycles. The summed E-state index contributed by atoms with van der Waals surface area (Å²) in [5, 5.41) is 24.5. The van der Waals surface area contributed by atoms with Crippen LogP contribution in [0.2, 0.25) is 0 Å². The molecule has 36 heavy (non-hydrogen) atoms. The molecule has 3 rings (SSSR count). The molecule has 194 valence electrons. The van der Waals surface area contributed by atoms with Crippen LogP contribution in [0, 0.1) is 0 Å². The molecule has 3 N–H and O–H groups in total. The van der Waals surface area contributed by atoms with Gasteiger partial charge in [0.05, 0.1) is 17.2 Å². The van der Waals surface area contributed by atoms with Crippen LogP contribution in [0.25, 0.3) is 0 Å². The number of aromatic nitrogens is 1. The fourth-order valence-corrected chi connectivity index (χ4v) is 5.19. The number of amides is 1. The van der Waals surface area contributed by atoms with E-state index in [-0.39, 0.29) is 12.5 Å². The number of carbonyl (C=O) groups is 1. The second-order valence-electron chi connectivity index (χ2n) is 10.1. The Balaban J connectivity index is 1.81. The number of aliphatic hydroxyl groups is 2. The molecule has 0 unspecified atom stereocenters. The van der Waals surface area contributed by atoms with Crippen LogP contribution >= 0.6 is 11.3 Å². The number of benzene rings is 2. The van der Waals surface area contributed by atoms with Crippen molar-refractivity contribution in [1.29, 1.82) is 0 Å². The minimum absolute atomic E-state index is 0.0195. The van der Waals surface area contributed by atoms with Crippen LogP contribution in [0.1, 0.15) is 60.5 Å². The summed E-state index contributed by atoms with van der Waals surface area (Å²) in [4.78, 5) is 18.4. The topological polar surface area (TPSA) is 91.7 Å². The molecule has 3 aromatic rings. The molecule has 0 saturated carbocycles. The number of hydrogen-bond acceptors (Lipinski definition) is 6. The van der Waals surface area contributed by atoms with Crippen molar-refractivity contribution >= 4 is 17.4 Å². The van der Waals surface area contributed by atoms with E-state index in [0.717, 1.165) is 28.3 Å². The fourth-order valence-electron chi connectivity index (χ4n) is 4.12. The van der Waals surface area contributed by atoms with Crippen molar-refractivity contribution in [2.24, 2.45) is 0 Å². The monoisotopic (exact) mass is 510 g/mol. The molecule has 7 heteroatoms. The van der Waals surface area contributed by atoms with Crippen LogP contribution in [-0.4, -0.2) is 45.6 Å². The highest BCUT2D eigenvalue weighted by Crippen LogP contribution is 2.31. The summed E-state index contributed by atoms with van der Waals surface area (Å²) in [6, 6.07) is 19.5. The standard InChI is InChI=1S/C29H38N2O4S/c1-29(2,3)35-28(34)31-25(18-22-13-8-5-9-14-22)26(33)19-23(17-21-11-6-4-7-12-21)27-30-20-24(36-27)15-10-16-32/h4-9,11-14,20,23,25-26,32-33H,10,15-19H2,1-3H3,(H,31,34)/t23-,25+,26+/m1/s1. The Morgan fingerprint density at radius 3 is 2.22 bits per heavy atom. The zero-order valence-corrected chi connectivity index (χ0v) is 22.2. The van der Waals surface area contributed by atoms with Crippen LogP contribution in [0.15, 0.2) is 66.9 Å². The van der Waals surface area contributed by atoms with E-state index in [1.807, 2.05) is 75.5 Å². The zero-order valence-electron chi connectivity index (χ0n) is 21.4. The van der Waals surface area contributed by atoms with Gasteiger partial charge in [-0.25, -0.2) is 9.78 Å². The summed E-state index contributed by atoms with van der Waals surface area (Å²) >= 11 is 1.63. The molecule has 0 spiro atoms. The molecule has 1 aromatic heterocycles. The Labute approximate surface area is 218 Å². The summed E-state index contributed by atoms with van der Waals surface area (Å²) in [5.41, 5.74) is 1.56. The third-order valence-corrected chi connectivity index (χ3v) is 7.04. The minimum Gasteiger partial charge on any atom is -0.444 e. The number of carbonyl (C=O) groups excluding carboxylic acids is 1. The van der Waals surface area contributed by atoms with E-state index < -0.39 is 23.8 Å². The van der Waals surface area contributed by atoms with Crippen LogP contribution < -0.4 is 5.32 Å². The van der Waals surface area contributed by atoms with E-state index in [1.54, 1.807) is 11.3 Å². The Bertz CT molecular complexity index is 1050. The van der Waals surface area contributed by atoms with E-state index in [0.29, 0.717) is 19.3 Å². The van der Waals surface area contributed by atoms with Gasteiger partial charge in [0.2, 0.25) is 0 Å². The Kier molecular flexibility index (Phi) is 10.5. The average molecular weight is 511 g/mol. The second-order valence-corrected chi connectivity index (χ2v) is 11.3. The number of hydrogen-bond donors (Lipinski definition) is 3. The average Bonchev–Trinajstić information content (AvgIpc) is 3.31. The third-order valence-electron chi connectivity index (χ3n) is 5.82. The van der Waals surface area contributed by atoms with Crippen LogP contribution in [0.3, 0.4) is 0 Å². The molecular formula is C29H38N2O4S. The minimum atomic E-state index is -0.809. The number of nitrogens with zero attached hydrogens (tertiary/aromatic N) is 1. The third kappa shape index (κ3) is 9.37. The normalized spacial score (nSPS) is 14.1. The number of nitrogens with one attached hydrogen (secondary N) is 1. The number of alkyl carbamates (subject to hydrolysis) is 1. The van der Waals surface area contributed by atoms with Gasteiger partial charge < -0.3 is 20.3 Å². The summed E-state index contributed by atoms with van der Waals surface area (Å²) in [6.45, 7) is 5.61. The molecule has 2 aromatic carbocycles. The predicted octanol–water partition coefficient (Wildman–Crippen LogP) is 5.28. The highest BCUT2D eigenvalue weighted by Gasteiger charge is 2.29. The second kappa shape index (κ2) is 13.5. The molecule has 6 nitrogen and oxygen atoms in total. The SMILES string of the molecule is CC(C)(C)OC(=O)N[C@@H](Cc1ccccc1)[C@@H](O)C[C@@H](Cc1ccccc1)c1ncc(CCCO)s1. The lowest BCUT2D eigenvalue weighted by molar-refractivity contribution is 0.0405. The van der Waals surface area contributed by atoms with E-state index in [1.165, 1.54) is 5.56 Å². The van der Waals surface area contributed by atoms with Gasteiger partial charge in [0, 0.05) is 23.6 Å². The summed E-state index contributed by atoms with van der Waals surface area (Å²) in [6.07, 6.45) is 3.67. The van der Waals surface area contributed by atoms with Crippen molar-refractivity contribution in [1.82, 2.24) is 10.3 Å². The van der Waals surface area contributed by atoms with Gasteiger partial charge in [0.25, 0.3) is 0 Å². The van der Waals surface area contributed by atoms with Gasteiger partial charge in [-0.3, -0.25) is 0 Å². The largest absolute Gasteiger partial charge is 0.444 e. The molecule has 0 saturated heterocycles.